The Morgan fingerprint density at radius 1 is 1.26 bits per heavy atom. The molecule has 0 radical (unpaired) electrons. The van der Waals surface area contributed by atoms with Gasteiger partial charge in [-0.25, -0.2) is 0 Å². The Morgan fingerprint density at radius 3 is 2.81 bits per heavy atom. The van der Waals surface area contributed by atoms with Crippen LogP contribution in [0.15, 0.2) is 18.2 Å². The van der Waals surface area contributed by atoms with Crippen LogP contribution in [-0.4, -0.2) is 63.0 Å². The molecule has 3 heterocycles. The molecule has 1 aromatic carbocycles. The fourth-order valence-electron chi connectivity index (χ4n) is 4.08. The largest absolute Gasteiger partial charge is 0.338 e. The first-order chi connectivity index (χ1) is 12.9. The van der Waals surface area contributed by atoms with Gasteiger partial charge in [0.05, 0.1) is 17.3 Å². The maximum absolute atomic E-state index is 12.5. The van der Waals surface area contributed by atoms with Gasteiger partial charge in [0.2, 0.25) is 5.91 Å². The molecule has 4 rings (SSSR count). The minimum atomic E-state index is -0.651. The number of nitrogens with zero attached hydrogens (tertiary/aromatic N) is 4. The maximum Gasteiger partial charge on any atom is 0.313 e. The summed E-state index contributed by atoms with van der Waals surface area (Å²) in [6, 6.07) is 5.52. The summed E-state index contributed by atoms with van der Waals surface area (Å²) in [6.45, 7) is 3.61. The number of aryl methyl sites for hydroxylation is 2. The van der Waals surface area contributed by atoms with E-state index in [4.69, 9.17) is 0 Å². The Balaban J connectivity index is 1.42. The van der Waals surface area contributed by atoms with Crippen molar-refractivity contribution in [3.05, 3.63) is 23.9 Å². The number of rotatable bonds is 2. The fourth-order valence-corrected chi connectivity index (χ4v) is 4.08. The van der Waals surface area contributed by atoms with Crippen molar-refractivity contribution in [1.82, 2.24) is 19.6 Å². The minimum Gasteiger partial charge on any atom is -0.338 e. The van der Waals surface area contributed by atoms with Crippen LogP contribution in [0.4, 0.5) is 5.69 Å². The molecule has 1 atom stereocenters. The second kappa shape index (κ2) is 6.68. The first kappa shape index (κ1) is 17.5. The van der Waals surface area contributed by atoms with Gasteiger partial charge < -0.3 is 15.1 Å². The van der Waals surface area contributed by atoms with E-state index in [0.717, 1.165) is 36.0 Å². The van der Waals surface area contributed by atoms with Gasteiger partial charge in [-0.3, -0.25) is 19.1 Å². The van der Waals surface area contributed by atoms with Crippen molar-refractivity contribution < 1.29 is 14.4 Å². The lowest BCUT2D eigenvalue weighted by Crippen LogP contribution is -2.42. The van der Waals surface area contributed by atoms with E-state index in [0.29, 0.717) is 25.2 Å². The van der Waals surface area contributed by atoms with Crippen LogP contribution in [-0.2, 0) is 21.4 Å². The molecule has 2 aromatic rings. The molecule has 8 heteroatoms. The topological polar surface area (TPSA) is 87.5 Å². The van der Waals surface area contributed by atoms with Gasteiger partial charge >= 0.3 is 11.8 Å². The molecule has 8 nitrogen and oxygen atoms in total. The number of anilines is 1. The van der Waals surface area contributed by atoms with E-state index in [-0.39, 0.29) is 11.9 Å². The zero-order valence-corrected chi connectivity index (χ0v) is 15.6. The van der Waals surface area contributed by atoms with Crippen molar-refractivity contribution in [1.29, 1.82) is 0 Å². The molecule has 1 unspecified atom stereocenters. The number of benzene rings is 1. The molecule has 2 aliphatic rings. The van der Waals surface area contributed by atoms with Crippen molar-refractivity contribution >= 4 is 34.3 Å². The smallest absolute Gasteiger partial charge is 0.313 e. The Kier molecular flexibility index (Phi) is 4.33. The van der Waals surface area contributed by atoms with Crippen LogP contribution in [0.2, 0.25) is 0 Å². The number of hydrogen-bond donors (Lipinski definition) is 1. The van der Waals surface area contributed by atoms with E-state index in [2.05, 4.69) is 10.4 Å². The van der Waals surface area contributed by atoms with Crippen molar-refractivity contribution in [2.24, 2.45) is 7.05 Å². The highest BCUT2D eigenvalue weighted by atomic mass is 16.2. The van der Waals surface area contributed by atoms with Crippen LogP contribution in [0.25, 0.3) is 10.9 Å². The quantitative estimate of drug-likeness (QED) is 0.802. The van der Waals surface area contributed by atoms with Crippen molar-refractivity contribution in [2.45, 2.75) is 32.2 Å². The average Bonchev–Trinajstić information content (AvgIpc) is 3.34. The summed E-state index contributed by atoms with van der Waals surface area (Å²) in [4.78, 5) is 40.2. The van der Waals surface area contributed by atoms with E-state index in [1.54, 1.807) is 15.6 Å². The molecule has 0 spiro atoms. The third kappa shape index (κ3) is 3.15. The highest BCUT2D eigenvalue weighted by Gasteiger charge is 2.36. The minimum absolute atomic E-state index is 0.0329. The number of nitrogens with one attached hydrogen (secondary N) is 1. The van der Waals surface area contributed by atoms with E-state index in [1.807, 2.05) is 31.0 Å². The first-order valence-corrected chi connectivity index (χ1v) is 9.27. The lowest BCUT2D eigenvalue weighted by molar-refractivity contribution is -0.142. The van der Waals surface area contributed by atoms with E-state index in [9.17, 15) is 14.4 Å². The predicted molar refractivity (Wildman–Crippen MR) is 100 cm³/mol. The molecule has 0 bridgehead atoms. The van der Waals surface area contributed by atoms with Crippen molar-refractivity contribution in [3.63, 3.8) is 0 Å². The molecule has 0 aliphatic carbocycles. The van der Waals surface area contributed by atoms with Gasteiger partial charge in [-0.2, -0.15) is 5.10 Å². The third-order valence-electron chi connectivity index (χ3n) is 5.49. The van der Waals surface area contributed by atoms with E-state index in [1.165, 1.54) is 0 Å². The average molecular weight is 369 g/mol. The van der Waals surface area contributed by atoms with Gasteiger partial charge in [0.25, 0.3) is 0 Å². The van der Waals surface area contributed by atoms with Crippen LogP contribution >= 0.6 is 0 Å². The Hall–Kier alpha value is -2.90. The van der Waals surface area contributed by atoms with Gasteiger partial charge in [0, 0.05) is 44.2 Å². The van der Waals surface area contributed by atoms with Gasteiger partial charge in [-0.1, -0.05) is 0 Å². The molecular formula is C19H23N5O3. The molecule has 2 saturated heterocycles. The number of aromatic nitrogens is 2. The molecule has 1 aromatic heterocycles. The molecule has 3 amide bonds. The number of amides is 3. The molecule has 27 heavy (non-hydrogen) atoms. The SMILES string of the molecule is Cc1nn(C)c2cc(NC(=O)C(=O)N3CCC(N4CCCC4=O)C3)ccc12. The van der Waals surface area contributed by atoms with Crippen LogP contribution in [0.5, 0.6) is 0 Å². The molecule has 2 fully saturated rings. The van der Waals surface area contributed by atoms with Crippen molar-refractivity contribution in [2.75, 3.05) is 25.0 Å². The lowest BCUT2D eigenvalue weighted by Gasteiger charge is -2.24. The summed E-state index contributed by atoms with van der Waals surface area (Å²) < 4.78 is 1.75. The summed E-state index contributed by atoms with van der Waals surface area (Å²) in [5, 5.41) is 8.06. The summed E-state index contributed by atoms with van der Waals surface area (Å²) in [5.41, 5.74) is 2.38. The van der Waals surface area contributed by atoms with Gasteiger partial charge in [-0.15, -0.1) is 0 Å². The zero-order valence-electron chi connectivity index (χ0n) is 15.6. The number of fused-ring (bicyclic) bond motifs is 1. The highest BCUT2D eigenvalue weighted by molar-refractivity contribution is 6.39. The number of likely N-dealkylation sites (tertiary alicyclic amines) is 2. The van der Waals surface area contributed by atoms with Gasteiger partial charge in [0.15, 0.2) is 0 Å². The second-order valence-corrected chi connectivity index (χ2v) is 7.28. The summed E-state index contributed by atoms with van der Waals surface area (Å²) in [6.07, 6.45) is 2.19. The maximum atomic E-state index is 12.5. The summed E-state index contributed by atoms with van der Waals surface area (Å²) >= 11 is 0. The standard InChI is InChI=1S/C19H23N5O3/c1-12-15-6-5-13(10-16(15)22(2)21-12)20-18(26)19(27)23-9-7-14(11-23)24-8-3-4-17(24)25/h5-6,10,14H,3-4,7-9,11H2,1-2H3,(H,20,26). The zero-order chi connectivity index (χ0) is 19.1. The third-order valence-corrected chi connectivity index (χ3v) is 5.49. The number of hydrogen-bond acceptors (Lipinski definition) is 4. The molecule has 1 N–H and O–H groups in total. The Bertz CT molecular complexity index is 935. The number of carbonyl (C=O) groups is 3. The normalized spacial score (nSPS) is 19.9. The molecular weight excluding hydrogens is 346 g/mol. The van der Waals surface area contributed by atoms with Crippen LogP contribution in [0.3, 0.4) is 0 Å². The molecule has 2 aliphatic heterocycles. The fraction of sp³-hybridized carbons (Fsp3) is 0.474. The predicted octanol–water partition coefficient (Wildman–Crippen LogP) is 1.04. The van der Waals surface area contributed by atoms with Crippen LogP contribution < -0.4 is 5.32 Å². The summed E-state index contributed by atoms with van der Waals surface area (Å²) in [7, 11) is 1.84. The molecule has 142 valence electrons. The highest BCUT2D eigenvalue weighted by Crippen LogP contribution is 2.23. The van der Waals surface area contributed by atoms with E-state index >= 15 is 0 Å². The van der Waals surface area contributed by atoms with Gasteiger partial charge in [-0.05, 0) is 38.0 Å². The molecule has 0 saturated carbocycles. The van der Waals surface area contributed by atoms with E-state index < -0.39 is 11.8 Å². The number of carbonyl (C=O) groups excluding carboxylic acids is 3. The Morgan fingerprint density at radius 2 is 2.07 bits per heavy atom. The van der Waals surface area contributed by atoms with Crippen LogP contribution in [0.1, 0.15) is 25.0 Å². The monoisotopic (exact) mass is 369 g/mol. The summed E-state index contributed by atoms with van der Waals surface area (Å²) in [5.74, 6) is -1.05. The first-order valence-electron chi connectivity index (χ1n) is 9.27. The van der Waals surface area contributed by atoms with Crippen molar-refractivity contribution in [3.8, 4) is 0 Å². The Labute approximate surface area is 157 Å². The second-order valence-electron chi connectivity index (χ2n) is 7.28. The van der Waals surface area contributed by atoms with Crippen LogP contribution in [0, 0.1) is 6.92 Å². The lowest BCUT2D eigenvalue weighted by atomic mass is 10.2. The van der Waals surface area contributed by atoms with Gasteiger partial charge in [0.1, 0.15) is 0 Å².